The van der Waals surface area contributed by atoms with Crippen molar-refractivity contribution in [3.63, 3.8) is 0 Å². The lowest BCUT2D eigenvalue weighted by molar-refractivity contribution is -0.148. The lowest BCUT2D eigenvalue weighted by Gasteiger charge is -2.27. The number of hydrogen-bond acceptors (Lipinski definition) is 4. The molecule has 7 heteroatoms. The van der Waals surface area contributed by atoms with Gasteiger partial charge in [-0.1, -0.05) is 37.6 Å². The second-order valence-electron chi connectivity index (χ2n) is 4.89. The van der Waals surface area contributed by atoms with Crippen LogP contribution in [-0.2, 0) is 10.3 Å². The molecule has 2 rings (SSSR count). The summed E-state index contributed by atoms with van der Waals surface area (Å²) in [6.07, 6.45) is 0.751. The molecule has 0 unspecified atom stereocenters. The van der Waals surface area contributed by atoms with Crippen LogP contribution in [0, 0.1) is 6.92 Å². The minimum atomic E-state index is -1.17. The fourth-order valence-corrected chi connectivity index (χ4v) is 2.62. The average molecular weight is 309 g/mol. The highest BCUT2D eigenvalue weighted by Gasteiger charge is 2.40. The van der Waals surface area contributed by atoms with Crippen LogP contribution in [0.25, 0.3) is 11.4 Å². The summed E-state index contributed by atoms with van der Waals surface area (Å²) in [6, 6.07) is 5.51. The van der Waals surface area contributed by atoms with Gasteiger partial charge in [-0.3, -0.25) is 0 Å². The van der Waals surface area contributed by atoms with E-state index in [0.717, 1.165) is 5.56 Å². The van der Waals surface area contributed by atoms with Gasteiger partial charge in [0.2, 0.25) is 0 Å². The molecule has 21 heavy (non-hydrogen) atoms. The number of aromatic nitrogens is 4. The number of rotatable bonds is 5. The number of halogens is 1. The normalized spacial score (nSPS) is 11.6. The van der Waals surface area contributed by atoms with Crippen molar-refractivity contribution in [1.29, 1.82) is 0 Å². The van der Waals surface area contributed by atoms with Gasteiger partial charge in [0, 0.05) is 5.56 Å². The van der Waals surface area contributed by atoms with Crippen molar-refractivity contribution in [2.24, 2.45) is 0 Å². The van der Waals surface area contributed by atoms with Crippen LogP contribution in [0.4, 0.5) is 0 Å². The van der Waals surface area contributed by atoms with E-state index in [1.165, 1.54) is 4.68 Å². The minimum absolute atomic E-state index is 0.370. The summed E-state index contributed by atoms with van der Waals surface area (Å²) >= 11 is 6.32. The fraction of sp³-hybridized carbons (Fsp3) is 0.429. The van der Waals surface area contributed by atoms with Crippen LogP contribution >= 0.6 is 11.6 Å². The topological polar surface area (TPSA) is 80.9 Å². The van der Waals surface area contributed by atoms with Crippen LogP contribution in [0.3, 0.4) is 0 Å². The van der Waals surface area contributed by atoms with E-state index in [1.54, 1.807) is 19.9 Å². The Bertz CT molecular complexity index is 665. The summed E-state index contributed by atoms with van der Waals surface area (Å²) < 4.78 is 1.37. The van der Waals surface area contributed by atoms with Crippen LogP contribution in [0.1, 0.15) is 32.3 Å². The number of carbonyl (C=O) groups is 1. The van der Waals surface area contributed by atoms with Crippen molar-refractivity contribution in [1.82, 2.24) is 20.2 Å². The third kappa shape index (κ3) is 2.40. The zero-order chi connectivity index (χ0) is 15.6. The maximum atomic E-state index is 11.8. The molecule has 0 bridgehead atoms. The summed E-state index contributed by atoms with van der Waals surface area (Å²) in [5.41, 5.74) is 0.346. The molecule has 112 valence electrons. The number of hydrogen-bond donors (Lipinski definition) is 1. The second-order valence-corrected chi connectivity index (χ2v) is 5.27. The highest BCUT2D eigenvalue weighted by Crippen LogP contribution is 2.33. The van der Waals surface area contributed by atoms with Gasteiger partial charge in [0.05, 0.1) is 5.02 Å². The molecule has 0 fully saturated rings. The van der Waals surface area contributed by atoms with E-state index in [1.807, 2.05) is 19.1 Å². The number of benzene rings is 1. The summed E-state index contributed by atoms with van der Waals surface area (Å²) in [5.74, 6) is -0.584. The van der Waals surface area contributed by atoms with Crippen LogP contribution in [0.5, 0.6) is 0 Å². The quantitative estimate of drug-likeness (QED) is 0.918. The van der Waals surface area contributed by atoms with E-state index in [0.29, 0.717) is 29.3 Å². The van der Waals surface area contributed by atoms with Crippen molar-refractivity contribution in [2.75, 3.05) is 0 Å². The van der Waals surface area contributed by atoms with E-state index < -0.39 is 11.5 Å². The van der Waals surface area contributed by atoms with Gasteiger partial charge in [0.1, 0.15) is 0 Å². The third-order valence-electron chi connectivity index (χ3n) is 3.88. The predicted molar refractivity (Wildman–Crippen MR) is 79.2 cm³/mol. The fourth-order valence-electron chi connectivity index (χ4n) is 2.41. The molecular weight excluding hydrogens is 292 g/mol. The van der Waals surface area contributed by atoms with E-state index in [-0.39, 0.29) is 0 Å². The molecule has 0 amide bonds. The molecule has 1 N–H and O–H groups in total. The number of aliphatic carboxylic acids is 1. The standard InChI is InChI=1S/C14H17ClN4O2/c1-4-14(5-2,13(20)21)19-12(16-17-18-19)10-8-6-7-9(3)11(10)15/h6-8H,4-5H2,1-3H3,(H,20,21). The van der Waals surface area contributed by atoms with Gasteiger partial charge in [0.25, 0.3) is 0 Å². The molecule has 0 radical (unpaired) electrons. The Morgan fingerprint density at radius 1 is 1.38 bits per heavy atom. The lowest BCUT2D eigenvalue weighted by Crippen LogP contribution is -2.42. The average Bonchev–Trinajstić information content (AvgIpc) is 2.93. The molecule has 6 nitrogen and oxygen atoms in total. The Balaban J connectivity index is 2.68. The van der Waals surface area contributed by atoms with Gasteiger partial charge < -0.3 is 5.11 Å². The maximum Gasteiger partial charge on any atom is 0.331 e. The lowest BCUT2D eigenvalue weighted by atomic mass is 9.92. The Morgan fingerprint density at radius 2 is 2.05 bits per heavy atom. The van der Waals surface area contributed by atoms with Crippen molar-refractivity contribution >= 4 is 17.6 Å². The van der Waals surface area contributed by atoms with Gasteiger partial charge >= 0.3 is 5.97 Å². The maximum absolute atomic E-state index is 11.8. The van der Waals surface area contributed by atoms with Gasteiger partial charge in [-0.25, -0.2) is 9.48 Å². The number of tetrazole rings is 1. The highest BCUT2D eigenvalue weighted by molar-refractivity contribution is 6.33. The molecule has 0 aliphatic rings. The summed E-state index contributed by atoms with van der Waals surface area (Å²) in [5, 5.41) is 21.7. The van der Waals surface area contributed by atoms with Gasteiger partial charge in [-0.15, -0.1) is 5.10 Å². The van der Waals surface area contributed by atoms with Crippen LogP contribution in [-0.4, -0.2) is 31.3 Å². The van der Waals surface area contributed by atoms with Gasteiger partial charge in [-0.05, 0) is 41.8 Å². The van der Waals surface area contributed by atoms with E-state index in [2.05, 4.69) is 15.5 Å². The zero-order valence-electron chi connectivity index (χ0n) is 12.2. The largest absolute Gasteiger partial charge is 0.479 e. The predicted octanol–water partition coefficient (Wildman–Crippen LogP) is 2.90. The third-order valence-corrected chi connectivity index (χ3v) is 4.38. The van der Waals surface area contributed by atoms with E-state index in [4.69, 9.17) is 11.6 Å². The molecule has 1 aromatic carbocycles. The van der Waals surface area contributed by atoms with Crippen molar-refractivity contribution < 1.29 is 9.90 Å². The summed E-state index contributed by atoms with van der Waals surface area (Å²) in [7, 11) is 0. The zero-order valence-corrected chi connectivity index (χ0v) is 12.9. The molecule has 1 aromatic heterocycles. The molecule has 0 aliphatic heterocycles. The number of carboxylic acid groups (broad SMARTS) is 1. The minimum Gasteiger partial charge on any atom is -0.479 e. The first-order valence-electron chi connectivity index (χ1n) is 6.75. The van der Waals surface area contributed by atoms with Crippen molar-refractivity contribution in [3.05, 3.63) is 28.8 Å². The molecule has 2 aromatic rings. The number of aryl methyl sites for hydroxylation is 1. The first-order chi connectivity index (χ1) is 9.97. The molecule has 0 spiro atoms. The monoisotopic (exact) mass is 308 g/mol. The molecular formula is C14H17ClN4O2. The highest BCUT2D eigenvalue weighted by atomic mass is 35.5. The number of carboxylic acids is 1. The summed E-state index contributed by atoms with van der Waals surface area (Å²) in [4.78, 5) is 11.8. The smallest absolute Gasteiger partial charge is 0.331 e. The molecule has 0 saturated carbocycles. The first kappa shape index (κ1) is 15.4. The van der Waals surface area contributed by atoms with Gasteiger partial charge in [-0.2, -0.15) is 0 Å². The van der Waals surface area contributed by atoms with E-state index in [9.17, 15) is 9.90 Å². The Morgan fingerprint density at radius 3 is 2.62 bits per heavy atom. The van der Waals surface area contributed by atoms with Crippen molar-refractivity contribution in [2.45, 2.75) is 39.2 Å². The molecule has 0 aliphatic carbocycles. The molecule has 0 atom stereocenters. The summed E-state index contributed by atoms with van der Waals surface area (Å²) in [6.45, 7) is 5.49. The molecule has 0 saturated heterocycles. The Hall–Kier alpha value is -1.95. The Kier molecular flexibility index (Phi) is 4.27. The van der Waals surface area contributed by atoms with Gasteiger partial charge in [0.15, 0.2) is 11.4 Å². The Labute approximate surface area is 127 Å². The van der Waals surface area contributed by atoms with Crippen LogP contribution in [0.2, 0.25) is 5.02 Å². The van der Waals surface area contributed by atoms with Crippen molar-refractivity contribution in [3.8, 4) is 11.4 Å². The van der Waals surface area contributed by atoms with Crippen LogP contribution in [0.15, 0.2) is 18.2 Å². The van der Waals surface area contributed by atoms with E-state index >= 15 is 0 Å². The second kappa shape index (κ2) is 5.81. The number of nitrogens with zero attached hydrogens (tertiary/aromatic N) is 4. The first-order valence-corrected chi connectivity index (χ1v) is 7.13. The molecule has 1 heterocycles. The SMILES string of the molecule is CCC(CC)(C(=O)O)n1nnnc1-c1cccc(C)c1Cl. The van der Waals surface area contributed by atoms with Crippen LogP contribution < -0.4 is 0 Å².